The number of carbonyl (C=O) groups is 1. The Kier molecular flexibility index (Phi) is 4.90. The summed E-state index contributed by atoms with van der Waals surface area (Å²) in [4.78, 5) is 13.1. The molecule has 3 aromatic rings. The molecule has 4 nitrogen and oxygen atoms in total. The molecule has 4 heteroatoms. The second kappa shape index (κ2) is 7.64. The topological polar surface area (TPSA) is 44.8 Å². The summed E-state index contributed by atoms with van der Waals surface area (Å²) in [6.45, 7) is 0.661. The van der Waals surface area contributed by atoms with Crippen LogP contribution in [-0.2, 0) is 16.0 Å². The third-order valence-electron chi connectivity index (χ3n) is 4.65. The number of hydrogen-bond donors (Lipinski definition) is 0. The minimum atomic E-state index is -0.515. The van der Waals surface area contributed by atoms with Gasteiger partial charge in [0, 0.05) is 18.2 Å². The van der Waals surface area contributed by atoms with Gasteiger partial charge in [-0.2, -0.15) is 0 Å². The van der Waals surface area contributed by atoms with E-state index < -0.39 is 5.92 Å². The zero-order valence-electron chi connectivity index (χ0n) is 15.1. The standard InChI is InChI=1S/C23H20O4/c1-25-15-14-16-10-12-17(13-11-16)26-23(24)22-18-6-2-4-8-20(18)27-21-9-5-3-7-19(21)22/h2-13,22H,14-15H2,1H3. The number of ether oxygens (including phenoxy) is 3. The summed E-state index contributed by atoms with van der Waals surface area (Å²) in [5.74, 6) is 1.07. The van der Waals surface area contributed by atoms with Crippen LogP contribution in [0.25, 0.3) is 0 Å². The molecule has 0 fully saturated rings. The molecule has 1 aliphatic heterocycles. The molecule has 0 saturated carbocycles. The zero-order valence-corrected chi connectivity index (χ0v) is 15.1. The second-order valence-electron chi connectivity index (χ2n) is 6.42. The number of fused-ring (bicyclic) bond motifs is 2. The van der Waals surface area contributed by atoms with Gasteiger partial charge >= 0.3 is 5.97 Å². The van der Waals surface area contributed by atoms with Crippen LogP contribution >= 0.6 is 0 Å². The van der Waals surface area contributed by atoms with Crippen molar-refractivity contribution < 1.29 is 19.0 Å². The lowest BCUT2D eigenvalue weighted by Crippen LogP contribution is -2.23. The van der Waals surface area contributed by atoms with E-state index in [1.54, 1.807) is 7.11 Å². The molecule has 0 aromatic heterocycles. The molecule has 0 radical (unpaired) electrons. The lowest BCUT2D eigenvalue weighted by atomic mass is 9.88. The van der Waals surface area contributed by atoms with Gasteiger partial charge in [-0.3, -0.25) is 4.79 Å². The molecule has 0 saturated heterocycles. The highest BCUT2D eigenvalue weighted by Crippen LogP contribution is 2.44. The molecule has 0 unspecified atom stereocenters. The van der Waals surface area contributed by atoms with Crippen LogP contribution in [0.15, 0.2) is 72.8 Å². The average molecular weight is 360 g/mol. The Bertz CT molecular complexity index is 901. The first-order valence-electron chi connectivity index (χ1n) is 8.91. The summed E-state index contributed by atoms with van der Waals surface area (Å²) in [6.07, 6.45) is 0.825. The molecule has 0 atom stereocenters. The Hall–Kier alpha value is -3.11. The summed E-state index contributed by atoms with van der Waals surface area (Å²) in [5, 5.41) is 0. The Morgan fingerprint density at radius 1 is 0.889 bits per heavy atom. The Morgan fingerprint density at radius 2 is 1.48 bits per heavy atom. The molecule has 0 bridgehead atoms. The maximum atomic E-state index is 13.1. The van der Waals surface area contributed by atoms with Crippen LogP contribution in [-0.4, -0.2) is 19.7 Å². The number of para-hydroxylation sites is 2. The van der Waals surface area contributed by atoms with Crippen molar-refractivity contribution in [3.05, 3.63) is 89.5 Å². The van der Waals surface area contributed by atoms with Gasteiger partial charge in [0.2, 0.25) is 0 Å². The molecular weight excluding hydrogens is 340 g/mol. The highest BCUT2D eigenvalue weighted by Gasteiger charge is 2.33. The van der Waals surface area contributed by atoms with Crippen LogP contribution in [0.1, 0.15) is 22.6 Å². The van der Waals surface area contributed by atoms with E-state index in [2.05, 4.69) is 0 Å². The highest BCUT2D eigenvalue weighted by atomic mass is 16.5. The molecule has 0 spiro atoms. The number of hydrogen-bond acceptors (Lipinski definition) is 4. The van der Waals surface area contributed by atoms with Crippen molar-refractivity contribution >= 4 is 5.97 Å². The van der Waals surface area contributed by atoms with Crippen molar-refractivity contribution in [2.24, 2.45) is 0 Å². The van der Waals surface area contributed by atoms with Gasteiger partial charge in [-0.1, -0.05) is 48.5 Å². The van der Waals surface area contributed by atoms with Crippen molar-refractivity contribution in [3.63, 3.8) is 0 Å². The number of rotatable bonds is 5. The van der Waals surface area contributed by atoms with E-state index in [4.69, 9.17) is 14.2 Å². The predicted octanol–water partition coefficient (Wildman–Crippen LogP) is 4.72. The van der Waals surface area contributed by atoms with E-state index in [1.807, 2.05) is 72.8 Å². The Morgan fingerprint density at radius 3 is 2.07 bits per heavy atom. The summed E-state index contributed by atoms with van der Waals surface area (Å²) in [5.41, 5.74) is 2.77. The fourth-order valence-electron chi connectivity index (χ4n) is 3.28. The first kappa shape index (κ1) is 17.3. The summed E-state index contributed by atoms with van der Waals surface area (Å²) in [6, 6.07) is 22.7. The molecule has 3 aromatic carbocycles. The van der Waals surface area contributed by atoms with Gasteiger partial charge in [-0.25, -0.2) is 0 Å². The van der Waals surface area contributed by atoms with Gasteiger partial charge < -0.3 is 14.2 Å². The van der Waals surface area contributed by atoms with Crippen LogP contribution < -0.4 is 9.47 Å². The first-order chi connectivity index (χ1) is 13.3. The Labute approximate surface area is 158 Å². The smallest absolute Gasteiger partial charge is 0.323 e. The van der Waals surface area contributed by atoms with Crippen molar-refractivity contribution in [1.82, 2.24) is 0 Å². The molecular formula is C23H20O4. The SMILES string of the molecule is COCCc1ccc(OC(=O)C2c3ccccc3Oc3ccccc32)cc1. The van der Waals surface area contributed by atoms with Crippen LogP contribution in [0.3, 0.4) is 0 Å². The predicted molar refractivity (Wildman–Crippen MR) is 102 cm³/mol. The lowest BCUT2D eigenvalue weighted by Gasteiger charge is -2.26. The van der Waals surface area contributed by atoms with E-state index >= 15 is 0 Å². The van der Waals surface area contributed by atoms with E-state index in [0.29, 0.717) is 23.9 Å². The van der Waals surface area contributed by atoms with Crippen molar-refractivity contribution in [2.75, 3.05) is 13.7 Å². The van der Waals surface area contributed by atoms with E-state index in [0.717, 1.165) is 23.1 Å². The highest BCUT2D eigenvalue weighted by molar-refractivity contribution is 5.87. The molecule has 0 amide bonds. The summed E-state index contributed by atoms with van der Waals surface area (Å²) in [7, 11) is 1.68. The largest absolute Gasteiger partial charge is 0.457 e. The number of methoxy groups -OCH3 is 1. The van der Waals surface area contributed by atoms with Crippen molar-refractivity contribution in [1.29, 1.82) is 0 Å². The summed E-state index contributed by atoms with van der Waals surface area (Å²) < 4.78 is 16.7. The van der Waals surface area contributed by atoms with Gasteiger partial charge in [0.25, 0.3) is 0 Å². The molecule has 27 heavy (non-hydrogen) atoms. The molecule has 1 heterocycles. The zero-order chi connectivity index (χ0) is 18.6. The maximum absolute atomic E-state index is 13.1. The van der Waals surface area contributed by atoms with Crippen LogP contribution in [0.2, 0.25) is 0 Å². The van der Waals surface area contributed by atoms with Gasteiger partial charge in [-0.15, -0.1) is 0 Å². The van der Waals surface area contributed by atoms with Gasteiger partial charge in [-0.05, 0) is 36.2 Å². The van der Waals surface area contributed by atoms with Crippen molar-refractivity contribution in [3.8, 4) is 17.2 Å². The van der Waals surface area contributed by atoms with Crippen LogP contribution in [0.4, 0.5) is 0 Å². The maximum Gasteiger partial charge on any atom is 0.323 e. The van der Waals surface area contributed by atoms with Gasteiger partial charge in [0.1, 0.15) is 23.2 Å². The lowest BCUT2D eigenvalue weighted by molar-refractivity contribution is -0.135. The molecule has 0 aliphatic carbocycles. The quantitative estimate of drug-likeness (QED) is 0.488. The molecule has 1 aliphatic rings. The van der Waals surface area contributed by atoms with E-state index in [-0.39, 0.29) is 5.97 Å². The van der Waals surface area contributed by atoms with Crippen LogP contribution in [0.5, 0.6) is 17.2 Å². The van der Waals surface area contributed by atoms with Gasteiger partial charge in [0.05, 0.1) is 6.61 Å². The number of benzene rings is 3. The molecule has 0 N–H and O–H groups in total. The van der Waals surface area contributed by atoms with E-state index in [1.165, 1.54) is 0 Å². The fourth-order valence-corrected chi connectivity index (χ4v) is 3.28. The number of esters is 1. The minimum absolute atomic E-state index is 0.317. The normalized spacial score (nSPS) is 12.6. The van der Waals surface area contributed by atoms with Crippen molar-refractivity contribution in [2.45, 2.75) is 12.3 Å². The average Bonchev–Trinajstić information content (AvgIpc) is 2.71. The second-order valence-corrected chi connectivity index (χ2v) is 6.42. The first-order valence-corrected chi connectivity index (χ1v) is 8.91. The number of carbonyl (C=O) groups excluding carboxylic acids is 1. The van der Waals surface area contributed by atoms with Crippen LogP contribution in [0, 0.1) is 0 Å². The fraction of sp³-hybridized carbons (Fsp3) is 0.174. The minimum Gasteiger partial charge on any atom is -0.457 e. The third kappa shape index (κ3) is 3.57. The third-order valence-corrected chi connectivity index (χ3v) is 4.65. The monoisotopic (exact) mass is 360 g/mol. The van der Waals surface area contributed by atoms with Gasteiger partial charge in [0.15, 0.2) is 0 Å². The molecule has 136 valence electrons. The van der Waals surface area contributed by atoms with E-state index in [9.17, 15) is 4.79 Å². The summed E-state index contributed by atoms with van der Waals surface area (Å²) >= 11 is 0. The molecule has 4 rings (SSSR count). The Balaban J connectivity index is 1.60.